The first kappa shape index (κ1) is 20.9. The molecule has 3 nitrogen and oxygen atoms in total. The van der Waals surface area contributed by atoms with E-state index in [9.17, 15) is 26.3 Å². The first-order chi connectivity index (χ1) is 11.1. The number of halogens is 6. The van der Waals surface area contributed by atoms with Gasteiger partial charge in [-0.2, -0.15) is 26.3 Å². The predicted octanol–water partition coefficient (Wildman–Crippen LogP) is 3.43. The van der Waals surface area contributed by atoms with E-state index >= 15 is 0 Å². The number of rotatable bonds is 9. The molecule has 0 aliphatic heterocycles. The van der Waals surface area contributed by atoms with Gasteiger partial charge in [0.05, 0.1) is 0 Å². The molecule has 0 saturated carbocycles. The molecule has 0 saturated heterocycles. The van der Waals surface area contributed by atoms with Crippen LogP contribution in [-0.2, 0) is 8.85 Å². The van der Waals surface area contributed by atoms with Crippen LogP contribution in [0, 0.1) is 0 Å². The van der Waals surface area contributed by atoms with Gasteiger partial charge in [-0.15, -0.1) is 0 Å². The van der Waals surface area contributed by atoms with Gasteiger partial charge in [0.2, 0.25) is 0 Å². The minimum atomic E-state index is -4.64. The van der Waals surface area contributed by atoms with Crippen LogP contribution in [0.5, 0.6) is 0 Å². The Morgan fingerprint density at radius 1 is 0.917 bits per heavy atom. The van der Waals surface area contributed by atoms with Gasteiger partial charge in [0, 0.05) is 5.54 Å². The van der Waals surface area contributed by atoms with Crippen molar-refractivity contribution in [3.63, 3.8) is 0 Å². The minimum absolute atomic E-state index is 0.267. The lowest BCUT2D eigenvalue weighted by molar-refractivity contribution is -0.169. The Morgan fingerprint density at radius 2 is 1.42 bits per heavy atom. The Balaban J connectivity index is 2.94. The van der Waals surface area contributed by atoms with E-state index in [0.29, 0.717) is 18.4 Å². The maximum Gasteiger partial charge on any atom is 0.410 e. The van der Waals surface area contributed by atoms with Gasteiger partial charge < -0.3 is 14.6 Å². The molecule has 138 valence electrons. The number of hydrogen-bond acceptors (Lipinski definition) is 3. The summed E-state index contributed by atoms with van der Waals surface area (Å²) < 4.78 is 84.0. The molecule has 0 amide bonds. The molecule has 0 spiro atoms. The van der Waals surface area contributed by atoms with Gasteiger partial charge in [0.25, 0.3) is 0 Å². The third-order valence-corrected chi connectivity index (χ3v) is 5.46. The van der Waals surface area contributed by atoms with Crippen LogP contribution in [0.3, 0.4) is 0 Å². The van der Waals surface area contributed by atoms with Gasteiger partial charge >= 0.3 is 21.6 Å². The summed E-state index contributed by atoms with van der Waals surface area (Å²) in [5.74, 6) is 0. The summed E-state index contributed by atoms with van der Waals surface area (Å²) in [5.41, 5.74) is 5.35. The zero-order valence-electron chi connectivity index (χ0n) is 12.7. The van der Waals surface area contributed by atoms with Crippen molar-refractivity contribution in [2.75, 3.05) is 19.8 Å². The lowest BCUT2D eigenvalue weighted by Gasteiger charge is -2.27. The van der Waals surface area contributed by atoms with Crippen LogP contribution >= 0.6 is 0 Å². The molecular formula is C14H19F6NO2Si. The SMILES string of the molecule is NCCCC(c1ccccc1)[SiH](OCC(F)(F)F)OCC(F)(F)F. The molecule has 0 aromatic heterocycles. The van der Waals surface area contributed by atoms with E-state index in [-0.39, 0.29) is 6.54 Å². The molecule has 1 atom stereocenters. The molecule has 0 heterocycles. The third-order valence-electron chi connectivity index (χ3n) is 3.10. The van der Waals surface area contributed by atoms with E-state index in [0.717, 1.165) is 0 Å². The van der Waals surface area contributed by atoms with Crippen molar-refractivity contribution in [2.45, 2.75) is 30.7 Å². The van der Waals surface area contributed by atoms with Crippen LogP contribution in [0.15, 0.2) is 30.3 Å². The summed E-state index contributed by atoms with van der Waals surface area (Å²) in [7, 11) is -3.30. The smallest absolute Gasteiger partial charge is 0.387 e. The summed E-state index contributed by atoms with van der Waals surface area (Å²) in [6.45, 7) is -3.00. The monoisotopic (exact) mass is 375 g/mol. The van der Waals surface area contributed by atoms with Crippen LogP contribution in [0.1, 0.15) is 23.9 Å². The normalized spacial score (nSPS) is 14.2. The van der Waals surface area contributed by atoms with Crippen molar-refractivity contribution in [1.82, 2.24) is 0 Å². The molecule has 1 unspecified atom stereocenters. The molecule has 0 bridgehead atoms. The highest BCUT2D eigenvalue weighted by atomic mass is 28.3. The highest BCUT2D eigenvalue weighted by molar-refractivity contribution is 6.46. The Bertz CT molecular complexity index is 451. The summed E-state index contributed by atoms with van der Waals surface area (Å²) in [4.78, 5) is 0. The first-order valence-corrected chi connectivity index (χ1v) is 8.85. The summed E-state index contributed by atoms with van der Waals surface area (Å²) in [6, 6.07) is 8.28. The zero-order valence-corrected chi connectivity index (χ0v) is 13.9. The molecular weight excluding hydrogens is 356 g/mol. The second-order valence-corrected chi connectivity index (χ2v) is 7.38. The first-order valence-electron chi connectivity index (χ1n) is 7.24. The van der Waals surface area contributed by atoms with Crippen molar-refractivity contribution >= 4 is 9.28 Å². The van der Waals surface area contributed by atoms with Crippen molar-refractivity contribution in [3.8, 4) is 0 Å². The molecule has 0 fully saturated rings. The molecule has 1 aromatic carbocycles. The standard InChI is InChI=1S/C14H19F6NO2Si/c15-13(16,17)9-22-24(23-10-14(18,19)20)12(7-4-8-21)11-5-2-1-3-6-11/h1-3,5-6,12,24H,4,7-10,21H2. The van der Waals surface area contributed by atoms with E-state index in [1.54, 1.807) is 30.3 Å². The highest BCUT2D eigenvalue weighted by Gasteiger charge is 2.37. The molecule has 0 radical (unpaired) electrons. The lowest BCUT2D eigenvalue weighted by Crippen LogP contribution is -2.38. The molecule has 24 heavy (non-hydrogen) atoms. The Kier molecular flexibility index (Phi) is 8.20. The van der Waals surface area contributed by atoms with Crippen molar-refractivity contribution < 1.29 is 35.2 Å². The maximum atomic E-state index is 12.4. The van der Waals surface area contributed by atoms with E-state index < -0.39 is 40.4 Å². The van der Waals surface area contributed by atoms with Crippen molar-refractivity contribution in [1.29, 1.82) is 0 Å². The third kappa shape index (κ3) is 8.67. The van der Waals surface area contributed by atoms with Crippen LogP contribution < -0.4 is 5.73 Å². The molecule has 0 aliphatic rings. The van der Waals surface area contributed by atoms with E-state index in [1.807, 2.05) is 0 Å². The zero-order chi connectivity index (χ0) is 18.2. The second kappa shape index (κ2) is 9.40. The van der Waals surface area contributed by atoms with Crippen LogP contribution in [0.2, 0.25) is 0 Å². The average molecular weight is 375 g/mol. The van der Waals surface area contributed by atoms with E-state index in [1.165, 1.54) is 0 Å². The molecule has 0 aliphatic carbocycles. The number of alkyl halides is 6. The fourth-order valence-electron chi connectivity index (χ4n) is 2.13. The van der Waals surface area contributed by atoms with Crippen molar-refractivity contribution in [3.05, 3.63) is 35.9 Å². The Hall–Kier alpha value is -1.10. The summed E-state index contributed by atoms with van der Waals surface area (Å²) >= 11 is 0. The fourth-order valence-corrected chi connectivity index (χ4v) is 4.44. The van der Waals surface area contributed by atoms with Gasteiger partial charge in [-0.3, -0.25) is 0 Å². The number of hydrogen-bond donors (Lipinski definition) is 1. The van der Waals surface area contributed by atoms with Gasteiger partial charge in [0.15, 0.2) is 0 Å². The topological polar surface area (TPSA) is 44.5 Å². The summed E-state index contributed by atoms with van der Waals surface area (Å²) in [6.07, 6.45) is -8.54. The molecule has 2 N–H and O–H groups in total. The summed E-state index contributed by atoms with van der Waals surface area (Å²) in [5, 5.41) is 0. The van der Waals surface area contributed by atoms with Crippen LogP contribution in [-0.4, -0.2) is 41.4 Å². The van der Waals surface area contributed by atoms with Gasteiger partial charge in [0.1, 0.15) is 13.2 Å². The quantitative estimate of drug-likeness (QED) is 0.531. The Labute approximate surface area is 137 Å². The average Bonchev–Trinajstić information content (AvgIpc) is 2.48. The molecule has 10 heteroatoms. The van der Waals surface area contributed by atoms with Crippen LogP contribution in [0.25, 0.3) is 0 Å². The van der Waals surface area contributed by atoms with E-state index in [2.05, 4.69) is 0 Å². The molecule has 1 aromatic rings. The maximum absolute atomic E-state index is 12.4. The van der Waals surface area contributed by atoms with Gasteiger partial charge in [-0.25, -0.2) is 0 Å². The minimum Gasteiger partial charge on any atom is -0.387 e. The Morgan fingerprint density at radius 3 is 1.83 bits per heavy atom. The lowest BCUT2D eigenvalue weighted by atomic mass is 10.1. The van der Waals surface area contributed by atoms with Gasteiger partial charge in [-0.1, -0.05) is 30.3 Å². The largest absolute Gasteiger partial charge is 0.410 e. The predicted molar refractivity (Wildman–Crippen MR) is 78.6 cm³/mol. The van der Waals surface area contributed by atoms with Crippen LogP contribution in [0.4, 0.5) is 26.3 Å². The fraction of sp³-hybridized carbons (Fsp3) is 0.571. The highest BCUT2D eigenvalue weighted by Crippen LogP contribution is 2.28. The second-order valence-electron chi connectivity index (χ2n) is 5.17. The number of benzene rings is 1. The number of nitrogens with two attached hydrogens (primary N) is 1. The van der Waals surface area contributed by atoms with Gasteiger partial charge in [-0.05, 0) is 24.9 Å². The van der Waals surface area contributed by atoms with Crippen molar-refractivity contribution in [2.24, 2.45) is 5.73 Å². The molecule has 1 rings (SSSR count). The van der Waals surface area contributed by atoms with E-state index in [4.69, 9.17) is 14.6 Å².